The van der Waals surface area contributed by atoms with Crippen molar-refractivity contribution >= 4 is 12.6 Å². The van der Waals surface area contributed by atoms with Gasteiger partial charge in [-0.3, -0.25) is 0 Å². The largest absolute Gasteiger partial charge is 0.508 e. The molecule has 0 aliphatic heterocycles. The van der Waals surface area contributed by atoms with Gasteiger partial charge in [-0.25, -0.2) is 0 Å². The van der Waals surface area contributed by atoms with Gasteiger partial charge in [0.15, 0.2) is 0 Å². The maximum Gasteiger partial charge on any atom is 0.492 e. The van der Waals surface area contributed by atoms with Gasteiger partial charge in [0.25, 0.3) is 0 Å². The van der Waals surface area contributed by atoms with E-state index in [-0.39, 0.29) is 11.2 Å². The zero-order chi connectivity index (χ0) is 10.9. The van der Waals surface area contributed by atoms with Gasteiger partial charge in [0.1, 0.15) is 5.75 Å². The molecule has 0 saturated heterocycles. The fourth-order valence-electron chi connectivity index (χ4n) is 1.56. The molecule has 0 unspecified atom stereocenters. The van der Waals surface area contributed by atoms with Crippen LogP contribution in [0, 0.1) is 6.92 Å². The molecule has 3 nitrogen and oxygen atoms in total. The van der Waals surface area contributed by atoms with E-state index in [1.165, 1.54) is 0 Å². The third-order valence-corrected chi connectivity index (χ3v) is 2.32. The molecule has 0 radical (unpaired) electrons. The second-order valence-electron chi connectivity index (χ2n) is 3.80. The van der Waals surface area contributed by atoms with Crippen LogP contribution in [0.15, 0.2) is 12.1 Å². The van der Waals surface area contributed by atoms with Crippen molar-refractivity contribution in [1.82, 2.24) is 0 Å². The zero-order valence-electron chi connectivity index (χ0n) is 8.65. The third kappa shape index (κ3) is 2.08. The summed E-state index contributed by atoms with van der Waals surface area (Å²) in [6, 6.07) is 3.20. The lowest BCUT2D eigenvalue weighted by Gasteiger charge is -2.13. The van der Waals surface area contributed by atoms with Gasteiger partial charge in [0.2, 0.25) is 0 Å². The Morgan fingerprint density at radius 3 is 2.21 bits per heavy atom. The van der Waals surface area contributed by atoms with Gasteiger partial charge in [-0.05, 0) is 30.0 Å². The van der Waals surface area contributed by atoms with Crippen molar-refractivity contribution in [2.24, 2.45) is 0 Å². The van der Waals surface area contributed by atoms with E-state index in [1.54, 1.807) is 12.1 Å². The van der Waals surface area contributed by atoms with E-state index in [2.05, 4.69) is 0 Å². The molecule has 0 amide bonds. The second-order valence-corrected chi connectivity index (χ2v) is 3.80. The molecule has 76 valence electrons. The van der Waals surface area contributed by atoms with E-state index < -0.39 is 7.12 Å². The van der Waals surface area contributed by atoms with E-state index in [4.69, 9.17) is 10.0 Å². The Bertz CT molecular complexity index is 305. The lowest BCUT2D eigenvalue weighted by atomic mass is 9.77. The standard InChI is InChI=1S/C10H15BO3/c1-6(2)8-5-9(11(13)14)10(12)4-7(8)3/h4-6,12-14H,1-3H3. The summed E-state index contributed by atoms with van der Waals surface area (Å²) in [6.45, 7) is 5.93. The first-order valence-electron chi connectivity index (χ1n) is 4.63. The van der Waals surface area contributed by atoms with Gasteiger partial charge in [-0.15, -0.1) is 0 Å². The van der Waals surface area contributed by atoms with Crippen molar-refractivity contribution in [3.05, 3.63) is 23.3 Å². The van der Waals surface area contributed by atoms with E-state index in [9.17, 15) is 5.11 Å². The second kappa shape index (κ2) is 4.03. The molecule has 3 N–H and O–H groups in total. The van der Waals surface area contributed by atoms with Crippen LogP contribution in [0.2, 0.25) is 0 Å². The predicted octanol–water partition coefficient (Wildman–Crippen LogP) is 0.504. The zero-order valence-corrected chi connectivity index (χ0v) is 8.65. The van der Waals surface area contributed by atoms with Crippen LogP contribution in [0.5, 0.6) is 5.75 Å². The van der Waals surface area contributed by atoms with Crippen LogP contribution in [-0.4, -0.2) is 22.3 Å². The highest BCUT2D eigenvalue weighted by atomic mass is 16.4. The quantitative estimate of drug-likeness (QED) is 0.601. The van der Waals surface area contributed by atoms with Gasteiger partial charge in [0, 0.05) is 5.46 Å². The smallest absolute Gasteiger partial charge is 0.492 e. The van der Waals surface area contributed by atoms with Crippen molar-refractivity contribution < 1.29 is 15.2 Å². The number of rotatable bonds is 2. The SMILES string of the molecule is Cc1cc(O)c(B(O)O)cc1C(C)C. The molecule has 1 rings (SSSR count). The van der Waals surface area contributed by atoms with Crippen molar-refractivity contribution in [2.75, 3.05) is 0 Å². The molecule has 0 aliphatic rings. The van der Waals surface area contributed by atoms with Crippen LogP contribution < -0.4 is 5.46 Å². The monoisotopic (exact) mass is 194 g/mol. The highest BCUT2D eigenvalue weighted by molar-refractivity contribution is 6.59. The minimum Gasteiger partial charge on any atom is -0.508 e. The van der Waals surface area contributed by atoms with Crippen molar-refractivity contribution in [2.45, 2.75) is 26.7 Å². The van der Waals surface area contributed by atoms with E-state index in [1.807, 2.05) is 20.8 Å². The fourth-order valence-corrected chi connectivity index (χ4v) is 1.56. The van der Waals surface area contributed by atoms with Crippen molar-refractivity contribution in [3.8, 4) is 5.75 Å². The number of hydrogen-bond donors (Lipinski definition) is 3. The molecule has 0 aliphatic carbocycles. The lowest BCUT2D eigenvalue weighted by Crippen LogP contribution is -2.30. The van der Waals surface area contributed by atoms with E-state index in [0.29, 0.717) is 5.92 Å². The van der Waals surface area contributed by atoms with Gasteiger partial charge in [-0.1, -0.05) is 19.9 Å². The molecule has 0 fully saturated rings. The molecular weight excluding hydrogens is 179 g/mol. The van der Waals surface area contributed by atoms with Gasteiger partial charge < -0.3 is 15.2 Å². The molecule has 0 atom stereocenters. The Hall–Kier alpha value is -0.995. The summed E-state index contributed by atoms with van der Waals surface area (Å²) < 4.78 is 0. The Labute approximate surface area is 84.2 Å². The number of phenolic OH excluding ortho intramolecular Hbond substituents is 1. The van der Waals surface area contributed by atoms with Crippen LogP contribution in [0.25, 0.3) is 0 Å². The Kier molecular flexibility index (Phi) is 3.19. The highest BCUT2D eigenvalue weighted by Gasteiger charge is 2.18. The fraction of sp³-hybridized carbons (Fsp3) is 0.400. The predicted molar refractivity (Wildman–Crippen MR) is 56.8 cm³/mol. The van der Waals surface area contributed by atoms with E-state index >= 15 is 0 Å². The van der Waals surface area contributed by atoms with Crippen molar-refractivity contribution in [3.63, 3.8) is 0 Å². The first-order chi connectivity index (χ1) is 6.43. The Morgan fingerprint density at radius 2 is 1.79 bits per heavy atom. The molecule has 4 heteroatoms. The lowest BCUT2D eigenvalue weighted by molar-refractivity contribution is 0.419. The average Bonchev–Trinajstić information content (AvgIpc) is 2.02. The average molecular weight is 194 g/mol. The van der Waals surface area contributed by atoms with Crippen LogP contribution in [0.3, 0.4) is 0 Å². The first-order valence-corrected chi connectivity index (χ1v) is 4.63. The minimum atomic E-state index is -1.62. The Morgan fingerprint density at radius 1 is 1.21 bits per heavy atom. The number of hydrogen-bond acceptors (Lipinski definition) is 3. The van der Waals surface area contributed by atoms with Crippen LogP contribution in [-0.2, 0) is 0 Å². The van der Waals surface area contributed by atoms with Gasteiger partial charge in [-0.2, -0.15) is 0 Å². The normalized spacial score (nSPS) is 10.7. The summed E-state index contributed by atoms with van der Waals surface area (Å²) in [5.41, 5.74) is 2.15. The number of aromatic hydroxyl groups is 1. The molecule has 0 heterocycles. The molecule has 14 heavy (non-hydrogen) atoms. The molecule has 0 aromatic heterocycles. The molecule has 0 saturated carbocycles. The molecule has 0 bridgehead atoms. The summed E-state index contributed by atoms with van der Waals surface area (Å²) in [6.07, 6.45) is 0. The third-order valence-electron chi connectivity index (χ3n) is 2.32. The maximum atomic E-state index is 9.45. The van der Waals surface area contributed by atoms with Crippen LogP contribution in [0.4, 0.5) is 0 Å². The first kappa shape index (κ1) is 11.1. The molecule has 0 spiro atoms. The minimum absolute atomic E-state index is 0.0677. The van der Waals surface area contributed by atoms with E-state index in [0.717, 1.165) is 11.1 Å². The van der Waals surface area contributed by atoms with Gasteiger partial charge in [0.05, 0.1) is 0 Å². The molecule has 1 aromatic carbocycles. The van der Waals surface area contributed by atoms with Crippen LogP contribution in [0.1, 0.15) is 30.9 Å². The van der Waals surface area contributed by atoms with Crippen LogP contribution >= 0.6 is 0 Å². The number of phenols is 1. The summed E-state index contributed by atoms with van der Waals surface area (Å²) >= 11 is 0. The highest BCUT2D eigenvalue weighted by Crippen LogP contribution is 2.21. The number of aryl methyl sites for hydroxylation is 1. The summed E-state index contributed by atoms with van der Waals surface area (Å²) in [7, 11) is -1.62. The maximum absolute atomic E-state index is 9.45. The number of benzene rings is 1. The molecular formula is C10H15BO3. The topological polar surface area (TPSA) is 60.7 Å². The van der Waals surface area contributed by atoms with Crippen molar-refractivity contribution in [1.29, 1.82) is 0 Å². The summed E-state index contributed by atoms with van der Waals surface area (Å²) in [5, 5.41) is 27.4. The Balaban J connectivity index is 3.27. The van der Waals surface area contributed by atoms with Gasteiger partial charge >= 0.3 is 7.12 Å². The molecule has 1 aromatic rings. The summed E-state index contributed by atoms with van der Waals surface area (Å²) in [5.74, 6) is 0.231. The summed E-state index contributed by atoms with van der Waals surface area (Å²) in [4.78, 5) is 0.